The molecule has 1 rings (SSSR count). The lowest BCUT2D eigenvalue weighted by Gasteiger charge is -2.08. The Balaban J connectivity index is 2.93. The molecule has 0 bridgehead atoms. The van der Waals surface area contributed by atoms with Crippen molar-refractivity contribution in [1.82, 2.24) is 0 Å². The van der Waals surface area contributed by atoms with Gasteiger partial charge in [-0.2, -0.15) is 0 Å². The molecule has 0 aliphatic carbocycles. The van der Waals surface area contributed by atoms with Gasteiger partial charge in [0, 0.05) is 0 Å². The third kappa shape index (κ3) is 5.09. The molecule has 0 aliphatic heterocycles. The molecular weight excluding hydrogens is 272 g/mol. The second-order valence-electron chi connectivity index (χ2n) is 3.95. The van der Waals surface area contributed by atoms with Gasteiger partial charge in [0.15, 0.2) is 9.84 Å². The van der Waals surface area contributed by atoms with E-state index in [1.54, 1.807) is 18.2 Å². The number of sulfone groups is 1. The fourth-order valence-corrected chi connectivity index (χ4v) is 2.89. The van der Waals surface area contributed by atoms with E-state index in [0.717, 1.165) is 7.11 Å². The lowest BCUT2D eigenvalue weighted by molar-refractivity contribution is -0.138. The average Bonchev–Trinajstić information content (AvgIpc) is 2.30. The van der Waals surface area contributed by atoms with Gasteiger partial charge < -0.3 is 9.84 Å². The van der Waals surface area contributed by atoms with Gasteiger partial charge in [-0.3, -0.25) is 9.59 Å². The maximum atomic E-state index is 11.8. The van der Waals surface area contributed by atoms with Crippen LogP contribution >= 0.6 is 0 Å². The number of hydrogen-bond acceptors (Lipinski definition) is 5. The largest absolute Gasteiger partial charge is 0.481 e. The predicted octanol–water partition coefficient (Wildman–Crippen LogP) is 0.402. The van der Waals surface area contributed by atoms with Crippen LogP contribution in [-0.4, -0.2) is 38.3 Å². The first-order chi connectivity index (χ1) is 8.84. The molecule has 0 amide bonds. The summed E-state index contributed by atoms with van der Waals surface area (Å²) >= 11 is 0. The molecule has 0 atom stereocenters. The van der Waals surface area contributed by atoms with Crippen LogP contribution in [0.3, 0.4) is 0 Å². The van der Waals surface area contributed by atoms with Crippen LogP contribution < -0.4 is 0 Å². The van der Waals surface area contributed by atoms with Crippen molar-refractivity contribution >= 4 is 21.8 Å². The van der Waals surface area contributed by atoms with E-state index < -0.39 is 27.5 Å². The fraction of sp³-hybridized carbons (Fsp3) is 0.333. The SMILES string of the molecule is COC(=O)CS(=O)(=O)Cc1ccccc1CC(=O)O. The molecule has 19 heavy (non-hydrogen) atoms. The van der Waals surface area contributed by atoms with Crippen molar-refractivity contribution < 1.29 is 27.9 Å². The van der Waals surface area contributed by atoms with Crippen LogP contribution in [0.4, 0.5) is 0 Å². The molecule has 1 aromatic carbocycles. The molecule has 1 aromatic rings. The van der Waals surface area contributed by atoms with Gasteiger partial charge in [0.2, 0.25) is 0 Å². The maximum absolute atomic E-state index is 11.8. The third-order valence-electron chi connectivity index (χ3n) is 2.40. The highest BCUT2D eigenvalue weighted by molar-refractivity contribution is 7.91. The number of carbonyl (C=O) groups is 2. The van der Waals surface area contributed by atoms with Crippen molar-refractivity contribution in [1.29, 1.82) is 0 Å². The van der Waals surface area contributed by atoms with Crippen LogP contribution in [0.5, 0.6) is 0 Å². The molecule has 7 heteroatoms. The minimum absolute atomic E-state index is 0.260. The molecule has 0 spiro atoms. The highest BCUT2D eigenvalue weighted by Gasteiger charge is 2.19. The lowest BCUT2D eigenvalue weighted by atomic mass is 10.1. The molecular formula is C12H14O6S. The van der Waals surface area contributed by atoms with E-state index in [9.17, 15) is 18.0 Å². The Bertz CT molecular complexity index is 576. The van der Waals surface area contributed by atoms with E-state index in [4.69, 9.17) is 5.11 Å². The van der Waals surface area contributed by atoms with E-state index in [-0.39, 0.29) is 12.2 Å². The number of esters is 1. The molecule has 0 aromatic heterocycles. The fourth-order valence-electron chi connectivity index (χ4n) is 1.56. The summed E-state index contributed by atoms with van der Waals surface area (Å²) in [5.74, 6) is -2.98. The van der Waals surface area contributed by atoms with E-state index in [0.29, 0.717) is 11.1 Å². The number of carboxylic acid groups (broad SMARTS) is 1. The highest BCUT2D eigenvalue weighted by atomic mass is 32.2. The van der Waals surface area contributed by atoms with Gasteiger partial charge in [0.25, 0.3) is 0 Å². The first-order valence-corrected chi connectivity index (χ1v) is 7.22. The summed E-state index contributed by atoms with van der Waals surface area (Å²) in [5, 5.41) is 8.75. The van der Waals surface area contributed by atoms with Crippen molar-refractivity contribution in [2.45, 2.75) is 12.2 Å². The molecule has 0 fully saturated rings. The van der Waals surface area contributed by atoms with E-state index >= 15 is 0 Å². The number of carboxylic acids is 1. The third-order valence-corrected chi connectivity index (χ3v) is 3.83. The van der Waals surface area contributed by atoms with Gasteiger partial charge >= 0.3 is 11.9 Å². The maximum Gasteiger partial charge on any atom is 0.320 e. The Morgan fingerprint density at radius 2 is 1.79 bits per heavy atom. The Kier molecular flexibility index (Phi) is 5.05. The van der Waals surface area contributed by atoms with Gasteiger partial charge in [-0.05, 0) is 11.1 Å². The Morgan fingerprint density at radius 3 is 2.32 bits per heavy atom. The van der Waals surface area contributed by atoms with Gasteiger partial charge in [-0.15, -0.1) is 0 Å². The summed E-state index contributed by atoms with van der Waals surface area (Å²) in [6.07, 6.45) is -0.260. The molecule has 1 N–H and O–H groups in total. The molecule has 104 valence electrons. The Morgan fingerprint density at radius 1 is 1.21 bits per heavy atom. The predicted molar refractivity (Wildman–Crippen MR) is 67.3 cm³/mol. The lowest BCUT2D eigenvalue weighted by Crippen LogP contribution is -2.19. The van der Waals surface area contributed by atoms with Crippen molar-refractivity contribution in [2.75, 3.05) is 12.9 Å². The van der Waals surface area contributed by atoms with E-state index in [2.05, 4.69) is 4.74 Å². The number of carbonyl (C=O) groups excluding carboxylic acids is 1. The highest BCUT2D eigenvalue weighted by Crippen LogP contribution is 2.14. The van der Waals surface area contributed by atoms with Gasteiger partial charge in [-0.1, -0.05) is 24.3 Å². The Hall–Kier alpha value is -1.89. The number of rotatable bonds is 6. The normalized spacial score (nSPS) is 11.0. The van der Waals surface area contributed by atoms with E-state index in [1.807, 2.05) is 0 Å². The van der Waals surface area contributed by atoms with Crippen LogP contribution in [0.25, 0.3) is 0 Å². The zero-order chi connectivity index (χ0) is 14.5. The van der Waals surface area contributed by atoms with Gasteiger partial charge in [0.1, 0.15) is 5.75 Å². The summed E-state index contributed by atoms with van der Waals surface area (Å²) in [6.45, 7) is 0. The van der Waals surface area contributed by atoms with Crippen molar-refractivity contribution in [3.05, 3.63) is 35.4 Å². The zero-order valence-electron chi connectivity index (χ0n) is 10.3. The minimum Gasteiger partial charge on any atom is -0.481 e. The molecule has 0 heterocycles. The van der Waals surface area contributed by atoms with Crippen molar-refractivity contribution in [3.8, 4) is 0 Å². The molecule has 0 saturated heterocycles. The summed E-state index contributed by atoms with van der Waals surface area (Å²) < 4.78 is 27.8. The molecule has 6 nitrogen and oxygen atoms in total. The van der Waals surface area contributed by atoms with Crippen molar-refractivity contribution in [3.63, 3.8) is 0 Å². The summed E-state index contributed by atoms with van der Waals surface area (Å²) in [4.78, 5) is 21.7. The standard InChI is InChI=1S/C12H14O6S/c1-18-12(15)8-19(16,17)7-10-5-3-2-4-9(10)6-11(13)14/h2-5H,6-8H2,1H3,(H,13,14). The van der Waals surface area contributed by atoms with Crippen LogP contribution in [0.2, 0.25) is 0 Å². The van der Waals surface area contributed by atoms with Gasteiger partial charge in [-0.25, -0.2) is 8.42 Å². The molecule has 0 radical (unpaired) electrons. The summed E-state index contributed by atoms with van der Waals surface area (Å²) in [7, 11) is -2.56. The van der Waals surface area contributed by atoms with Crippen LogP contribution in [0.15, 0.2) is 24.3 Å². The molecule has 0 aliphatic rings. The minimum atomic E-state index is -3.67. The monoisotopic (exact) mass is 286 g/mol. The number of benzene rings is 1. The summed E-state index contributed by atoms with van der Waals surface area (Å²) in [5.41, 5.74) is 0.803. The zero-order valence-corrected chi connectivity index (χ0v) is 11.1. The van der Waals surface area contributed by atoms with E-state index in [1.165, 1.54) is 6.07 Å². The van der Waals surface area contributed by atoms with Gasteiger partial charge in [0.05, 0.1) is 19.3 Å². The van der Waals surface area contributed by atoms with Crippen LogP contribution in [-0.2, 0) is 36.3 Å². The second-order valence-corrected chi connectivity index (χ2v) is 6.01. The quantitative estimate of drug-likeness (QED) is 0.760. The smallest absolute Gasteiger partial charge is 0.320 e. The second kappa shape index (κ2) is 6.33. The van der Waals surface area contributed by atoms with Crippen molar-refractivity contribution in [2.24, 2.45) is 0 Å². The average molecular weight is 286 g/mol. The summed E-state index contributed by atoms with van der Waals surface area (Å²) in [6, 6.07) is 6.34. The number of methoxy groups -OCH3 is 1. The molecule has 0 unspecified atom stereocenters. The Labute approximate surface area is 110 Å². The van der Waals surface area contributed by atoms with Crippen LogP contribution in [0, 0.1) is 0 Å². The van der Waals surface area contributed by atoms with Crippen LogP contribution in [0.1, 0.15) is 11.1 Å². The topological polar surface area (TPSA) is 97.7 Å². The first-order valence-electron chi connectivity index (χ1n) is 5.40. The number of hydrogen-bond donors (Lipinski definition) is 1. The number of aliphatic carboxylic acids is 1. The molecule has 0 saturated carbocycles. The first kappa shape index (κ1) is 15.2. The number of ether oxygens (including phenoxy) is 1.